The minimum atomic E-state index is 0.669. The van der Waals surface area contributed by atoms with Gasteiger partial charge < -0.3 is 19.9 Å². The van der Waals surface area contributed by atoms with Crippen molar-refractivity contribution in [1.82, 2.24) is 0 Å². The third-order valence-corrected chi connectivity index (χ3v) is 5.16. The van der Waals surface area contributed by atoms with E-state index in [-0.39, 0.29) is 0 Å². The van der Waals surface area contributed by atoms with E-state index in [0.717, 1.165) is 18.9 Å². The first kappa shape index (κ1) is 14.8. The summed E-state index contributed by atoms with van der Waals surface area (Å²) in [6.45, 7) is 14.0. The number of nitrogens with one attached hydrogen (secondary N) is 2. The molecule has 2 heterocycles. The van der Waals surface area contributed by atoms with Crippen LogP contribution in [0.2, 0.25) is 0 Å². The zero-order chi connectivity index (χ0) is 14.7. The first-order valence-electron chi connectivity index (χ1n) is 8.57. The van der Waals surface area contributed by atoms with Gasteiger partial charge in [-0.3, -0.25) is 0 Å². The summed E-state index contributed by atoms with van der Waals surface area (Å²) in [5.41, 5.74) is 3.05. The molecule has 4 nitrogen and oxygen atoms in total. The van der Waals surface area contributed by atoms with Crippen LogP contribution in [0.1, 0.15) is 31.0 Å². The van der Waals surface area contributed by atoms with Crippen molar-refractivity contribution in [2.24, 2.45) is 0 Å². The molecule has 1 fully saturated rings. The van der Waals surface area contributed by atoms with E-state index >= 15 is 0 Å². The molecule has 21 heavy (non-hydrogen) atoms. The Kier molecular flexibility index (Phi) is 4.78. The highest BCUT2D eigenvalue weighted by Gasteiger charge is 2.34. The summed E-state index contributed by atoms with van der Waals surface area (Å²) < 4.78 is 5.66. The van der Waals surface area contributed by atoms with Crippen LogP contribution in [0.5, 0.6) is 5.75 Å². The maximum absolute atomic E-state index is 5.66. The average molecular weight is 292 g/mol. The van der Waals surface area contributed by atoms with Crippen LogP contribution < -0.4 is 19.9 Å². The van der Waals surface area contributed by atoms with E-state index in [1.807, 2.05) is 6.92 Å². The highest BCUT2D eigenvalue weighted by Crippen LogP contribution is 2.23. The van der Waals surface area contributed by atoms with Crippen molar-refractivity contribution in [2.45, 2.75) is 26.4 Å². The third-order valence-electron chi connectivity index (χ3n) is 5.16. The molecule has 2 aliphatic rings. The van der Waals surface area contributed by atoms with Crippen LogP contribution in [0.25, 0.3) is 0 Å². The molecule has 0 aliphatic carbocycles. The van der Waals surface area contributed by atoms with Crippen molar-refractivity contribution in [3.63, 3.8) is 0 Å². The summed E-state index contributed by atoms with van der Waals surface area (Å²) >= 11 is 0. The highest BCUT2D eigenvalue weighted by molar-refractivity contribution is 5.37. The summed E-state index contributed by atoms with van der Waals surface area (Å²) in [7, 11) is 0. The molecule has 1 saturated heterocycles. The predicted octanol–water partition coefficient (Wildman–Crippen LogP) is -1.99. The molecule has 2 aliphatic heterocycles. The maximum Gasteiger partial charge on any atom is 0.163 e. The van der Waals surface area contributed by atoms with Gasteiger partial charge >= 0.3 is 0 Å². The fraction of sp³-hybridized carbons (Fsp3) is 0.647. The number of fused-ring (bicyclic) bond motifs is 1. The number of piperazine rings is 1. The summed E-state index contributed by atoms with van der Waals surface area (Å²) in [5.74, 6) is 1.03. The standard InChI is InChI=1S/C17H27N3O/c1-3-19-7-9-20(10-8-19)17-13-18-12-14-11-15(21-4-2)5-6-16(14)17/h5-6,11,17-18H,3-4,7-10,12-13H2,1-2H3/p+3/t17-/m1/s1. The molecule has 0 amide bonds. The Morgan fingerprint density at radius 1 is 1.19 bits per heavy atom. The average Bonchev–Trinajstić information content (AvgIpc) is 2.54. The minimum Gasteiger partial charge on any atom is -0.494 e. The molecule has 0 aromatic heterocycles. The monoisotopic (exact) mass is 292 g/mol. The van der Waals surface area contributed by atoms with Crippen LogP contribution in [-0.2, 0) is 6.54 Å². The minimum absolute atomic E-state index is 0.669. The quantitative estimate of drug-likeness (QED) is 0.590. The normalized spacial score (nSPS) is 29.0. The first-order valence-corrected chi connectivity index (χ1v) is 8.57. The van der Waals surface area contributed by atoms with Crippen molar-refractivity contribution >= 4 is 0 Å². The number of benzene rings is 1. The van der Waals surface area contributed by atoms with Gasteiger partial charge in [0, 0.05) is 11.1 Å². The molecule has 116 valence electrons. The van der Waals surface area contributed by atoms with Gasteiger partial charge in [0.25, 0.3) is 0 Å². The summed E-state index contributed by atoms with van der Waals surface area (Å²) in [5, 5.41) is 2.47. The number of hydrogen-bond acceptors (Lipinski definition) is 1. The molecule has 1 atom stereocenters. The van der Waals surface area contributed by atoms with Crippen LogP contribution in [0.3, 0.4) is 0 Å². The highest BCUT2D eigenvalue weighted by atomic mass is 16.5. The summed E-state index contributed by atoms with van der Waals surface area (Å²) in [4.78, 5) is 3.55. The lowest BCUT2D eigenvalue weighted by Gasteiger charge is -2.35. The SMILES string of the molecule is CCOc1ccc2c(c1)C[NH2+]C[C@H]2[NH+]1CC[NH+](CC)CC1. The van der Waals surface area contributed by atoms with Crippen LogP contribution >= 0.6 is 0 Å². The van der Waals surface area contributed by atoms with Gasteiger partial charge in [0.2, 0.25) is 0 Å². The molecule has 3 rings (SSSR count). The van der Waals surface area contributed by atoms with E-state index in [1.54, 1.807) is 15.4 Å². The molecule has 0 saturated carbocycles. The molecule has 0 bridgehead atoms. The van der Waals surface area contributed by atoms with Gasteiger partial charge in [0.1, 0.15) is 45.0 Å². The lowest BCUT2D eigenvalue weighted by atomic mass is 9.94. The smallest absolute Gasteiger partial charge is 0.163 e. The van der Waals surface area contributed by atoms with Gasteiger partial charge in [-0.15, -0.1) is 0 Å². The van der Waals surface area contributed by atoms with E-state index in [0.29, 0.717) is 6.04 Å². The second-order valence-corrected chi connectivity index (χ2v) is 6.34. The van der Waals surface area contributed by atoms with Crippen molar-refractivity contribution in [3.05, 3.63) is 29.3 Å². The van der Waals surface area contributed by atoms with Gasteiger partial charge in [-0.2, -0.15) is 0 Å². The van der Waals surface area contributed by atoms with Gasteiger partial charge in [-0.1, -0.05) is 0 Å². The Morgan fingerprint density at radius 3 is 2.71 bits per heavy atom. The Hall–Kier alpha value is -1.10. The Labute approximate surface area is 128 Å². The summed E-state index contributed by atoms with van der Waals surface area (Å²) in [6, 6.07) is 7.41. The van der Waals surface area contributed by atoms with Gasteiger partial charge in [0.15, 0.2) is 6.04 Å². The molecule has 0 unspecified atom stereocenters. The number of quaternary nitrogens is 3. The predicted molar refractivity (Wildman–Crippen MR) is 82.8 cm³/mol. The van der Waals surface area contributed by atoms with Crippen LogP contribution in [0.4, 0.5) is 0 Å². The number of likely N-dealkylation sites (N-methyl/N-ethyl adjacent to an activating group) is 1. The molecule has 0 spiro atoms. The zero-order valence-corrected chi connectivity index (χ0v) is 13.5. The van der Waals surface area contributed by atoms with E-state index in [4.69, 9.17) is 4.74 Å². The fourth-order valence-electron chi connectivity index (χ4n) is 3.90. The van der Waals surface area contributed by atoms with Crippen molar-refractivity contribution < 1.29 is 19.9 Å². The van der Waals surface area contributed by atoms with Gasteiger partial charge in [-0.05, 0) is 32.0 Å². The lowest BCUT2D eigenvalue weighted by Crippen LogP contribution is -3.28. The molecular weight excluding hydrogens is 262 g/mol. The molecule has 4 N–H and O–H groups in total. The van der Waals surface area contributed by atoms with Gasteiger partial charge in [0.05, 0.1) is 13.2 Å². The second kappa shape index (κ2) is 6.77. The third kappa shape index (κ3) is 3.23. The van der Waals surface area contributed by atoms with Crippen LogP contribution in [-0.4, -0.2) is 45.9 Å². The van der Waals surface area contributed by atoms with Crippen molar-refractivity contribution in [2.75, 3.05) is 45.9 Å². The number of rotatable bonds is 4. The Balaban J connectivity index is 1.74. The van der Waals surface area contributed by atoms with Crippen LogP contribution in [0.15, 0.2) is 18.2 Å². The molecular formula is C17H30N3O+3. The number of nitrogens with two attached hydrogens (primary N) is 1. The van der Waals surface area contributed by atoms with E-state index in [1.165, 1.54) is 44.8 Å². The second-order valence-electron chi connectivity index (χ2n) is 6.34. The van der Waals surface area contributed by atoms with E-state index in [2.05, 4.69) is 30.4 Å². The zero-order valence-electron chi connectivity index (χ0n) is 13.5. The van der Waals surface area contributed by atoms with E-state index in [9.17, 15) is 0 Å². The Morgan fingerprint density at radius 2 is 2.00 bits per heavy atom. The van der Waals surface area contributed by atoms with Crippen molar-refractivity contribution in [3.8, 4) is 5.75 Å². The van der Waals surface area contributed by atoms with E-state index < -0.39 is 0 Å². The summed E-state index contributed by atoms with van der Waals surface area (Å²) in [6.07, 6.45) is 0. The van der Waals surface area contributed by atoms with Crippen LogP contribution in [0, 0.1) is 0 Å². The first-order chi connectivity index (χ1) is 10.3. The maximum atomic E-state index is 5.66. The molecule has 4 heteroatoms. The molecule has 0 radical (unpaired) electrons. The molecule has 1 aromatic rings. The Bertz CT molecular complexity index is 469. The fourth-order valence-corrected chi connectivity index (χ4v) is 3.90. The van der Waals surface area contributed by atoms with Crippen molar-refractivity contribution in [1.29, 1.82) is 0 Å². The number of ether oxygens (including phenoxy) is 1. The van der Waals surface area contributed by atoms with Gasteiger partial charge in [-0.25, -0.2) is 0 Å². The largest absolute Gasteiger partial charge is 0.494 e. The number of hydrogen-bond donors (Lipinski definition) is 3. The lowest BCUT2D eigenvalue weighted by molar-refractivity contribution is -1.03. The molecule has 1 aromatic carbocycles. The topological polar surface area (TPSA) is 34.7 Å².